The van der Waals surface area contributed by atoms with Crippen molar-refractivity contribution in [3.05, 3.63) is 57.8 Å². The Kier molecular flexibility index (Phi) is 3.93. The molecule has 1 aromatic carbocycles. The van der Waals surface area contributed by atoms with E-state index >= 15 is 0 Å². The van der Waals surface area contributed by atoms with Crippen LogP contribution in [0, 0.1) is 0 Å². The van der Waals surface area contributed by atoms with E-state index in [4.69, 9.17) is 4.42 Å². The molecule has 0 saturated heterocycles. The number of furan rings is 1. The third-order valence-corrected chi connectivity index (χ3v) is 4.57. The monoisotopic (exact) mass is 395 g/mol. The molecule has 3 rings (SSSR count). The van der Waals surface area contributed by atoms with Gasteiger partial charge in [0.05, 0.1) is 29.2 Å². The molecule has 0 fully saturated rings. The number of aromatic amines is 1. The first-order valence-electron chi connectivity index (χ1n) is 5.99. The van der Waals surface area contributed by atoms with E-state index in [1.54, 1.807) is 12.5 Å². The van der Waals surface area contributed by atoms with E-state index in [2.05, 4.69) is 47.1 Å². The SMILES string of the molecule is Brc1cc(CNc2ccc(-c3cnc[nH]3)cc2)oc1Br. The molecule has 0 saturated carbocycles. The Labute approximate surface area is 132 Å². The maximum atomic E-state index is 5.51. The average Bonchev–Trinajstić information content (AvgIpc) is 3.08. The molecule has 2 aromatic heterocycles. The molecule has 20 heavy (non-hydrogen) atoms. The molecule has 3 aromatic rings. The molecule has 0 bridgehead atoms. The summed E-state index contributed by atoms with van der Waals surface area (Å²) in [6, 6.07) is 10.1. The summed E-state index contributed by atoms with van der Waals surface area (Å²) in [6.07, 6.45) is 3.48. The first kappa shape index (κ1) is 13.5. The Morgan fingerprint density at radius 3 is 2.60 bits per heavy atom. The fraction of sp³-hybridized carbons (Fsp3) is 0.0714. The molecular weight excluding hydrogens is 386 g/mol. The molecule has 0 amide bonds. The number of aromatic nitrogens is 2. The highest BCUT2D eigenvalue weighted by Crippen LogP contribution is 2.27. The number of anilines is 1. The lowest BCUT2D eigenvalue weighted by Crippen LogP contribution is -1.97. The highest BCUT2D eigenvalue weighted by atomic mass is 79.9. The molecule has 2 heterocycles. The fourth-order valence-electron chi connectivity index (χ4n) is 1.85. The second-order valence-electron chi connectivity index (χ2n) is 4.23. The van der Waals surface area contributed by atoms with Crippen LogP contribution in [-0.4, -0.2) is 9.97 Å². The molecule has 0 radical (unpaired) electrons. The van der Waals surface area contributed by atoms with Crippen LogP contribution in [0.4, 0.5) is 5.69 Å². The van der Waals surface area contributed by atoms with Crippen molar-refractivity contribution in [2.45, 2.75) is 6.54 Å². The second kappa shape index (κ2) is 5.85. The number of H-pyrrole nitrogens is 1. The number of nitrogens with one attached hydrogen (secondary N) is 2. The number of benzene rings is 1. The Balaban J connectivity index is 1.66. The van der Waals surface area contributed by atoms with Crippen LogP contribution < -0.4 is 5.32 Å². The summed E-state index contributed by atoms with van der Waals surface area (Å²) < 4.78 is 7.14. The summed E-state index contributed by atoms with van der Waals surface area (Å²) in [5.41, 5.74) is 3.16. The minimum atomic E-state index is 0.633. The van der Waals surface area contributed by atoms with E-state index in [0.717, 1.165) is 27.2 Å². The molecule has 0 aliphatic heterocycles. The van der Waals surface area contributed by atoms with E-state index in [9.17, 15) is 0 Å². The molecule has 0 aliphatic rings. The van der Waals surface area contributed by atoms with Gasteiger partial charge in [-0.05, 0) is 55.6 Å². The van der Waals surface area contributed by atoms with E-state index in [-0.39, 0.29) is 0 Å². The van der Waals surface area contributed by atoms with Gasteiger partial charge < -0.3 is 14.7 Å². The van der Waals surface area contributed by atoms with Gasteiger partial charge >= 0.3 is 0 Å². The molecule has 0 aliphatic carbocycles. The maximum absolute atomic E-state index is 5.51. The van der Waals surface area contributed by atoms with Crippen LogP contribution in [0.15, 0.2) is 56.4 Å². The van der Waals surface area contributed by atoms with Crippen molar-refractivity contribution >= 4 is 37.5 Å². The van der Waals surface area contributed by atoms with Gasteiger partial charge in [0.15, 0.2) is 4.67 Å². The number of halogens is 2. The van der Waals surface area contributed by atoms with E-state index in [1.165, 1.54) is 0 Å². The van der Waals surface area contributed by atoms with Gasteiger partial charge in [0.2, 0.25) is 0 Å². The Morgan fingerprint density at radius 1 is 1.20 bits per heavy atom. The number of imidazole rings is 1. The van der Waals surface area contributed by atoms with Gasteiger partial charge in [-0.1, -0.05) is 12.1 Å². The topological polar surface area (TPSA) is 53.9 Å². The Hall–Kier alpha value is -1.53. The standard InChI is InChI=1S/C14H11Br2N3O/c15-12-5-11(20-14(12)16)6-18-10-3-1-9(2-4-10)13-7-17-8-19-13/h1-5,7-8,18H,6H2,(H,17,19). The third kappa shape index (κ3) is 2.96. The summed E-state index contributed by atoms with van der Waals surface area (Å²) in [7, 11) is 0. The van der Waals surface area contributed by atoms with Crippen molar-refractivity contribution in [2.75, 3.05) is 5.32 Å². The minimum absolute atomic E-state index is 0.633. The van der Waals surface area contributed by atoms with Crippen molar-refractivity contribution in [1.29, 1.82) is 0 Å². The van der Waals surface area contributed by atoms with E-state index in [1.807, 2.05) is 30.3 Å². The number of hydrogen-bond acceptors (Lipinski definition) is 3. The molecular formula is C14H11Br2N3O. The predicted molar refractivity (Wildman–Crippen MR) is 85.5 cm³/mol. The van der Waals surface area contributed by atoms with Gasteiger partial charge in [0.1, 0.15) is 5.76 Å². The zero-order chi connectivity index (χ0) is 13.9. The molecule has 2 N–H and O–H groups in total. The summed E-state index contributed by atoms with van der Waals surface area (Å²) >= 11 is 6.72. The summed E-state index contributed by atoms with van der Waals surface area (Å²) in [5.74, 6) is 0.862. The highest BCUT2D eigenvalue weighted by molar-refractivity contribution is 9.13. The summed E-state index contributed by atoms with van der Waals surface area (Å²) in [4.78, 5) is 7.10. The van der Waals surface area contributed by atoms with Crippen molar-refractivity contribution < 1.29 is 4.42 Å². The largest absolute Gasteiger partial charge is 0.451 e. The van der Waals surface area contributed by atoms with Gasteiger partial charge in [-0.15, -0.1) is 0 Å². The zero-order valence-corrected chi connectivity index (χ0v) is 13.5. The van der Waals surface area contributed by atoms with Gasteiger partial charge in [0.25, 0.3) is 0 Å². The van der Waals surface area contributed by atoms with E-state index < -0.39 is 0 Å². The molecule has 0 spiro atoms. The molecule has 6 heteroatoms. The second-order valence-corrected chi connectivity index (χ2v) is 5.81. The lowest BCUT2D eigenvalue weighted by molar-refractivity contribution is 0.494. The lowest BCUT2D eigenvalue weighted by Gasteiger charge is -2.05. The first-order chi connectivity index (χ1) is 9.72. The van der Waals surface area contributed by atoms with Gasteiger partial charge in [-0.2, -0.15) is 0 Å². The van der Waals surface area contributed by atoms with E-state index in [0.29, 0.717) is 11.2 Å². The third-order valence-electron chi connectivity index (χ3n) is 2.86. The van der Waals surface area contributed by atoms with Gasteiger partial charge in [-0.3, -0.25) is 0 Å². The maximum Gasteiger partial charge on any atom is 0.183 e. The van der Waals surface area contributed by atoms with Crippen LogP contribution >= 0.6 is 31.9 Å². The normalized spacial score (nSPS) is 10.7. The number of nitrogens with zero attached hydrogens (tertiary/aromatic N) is 1. The lowest BCUT2D eigenvalue weighted by atomic mass is 10.1. The summed E-state index contributed by atoms with van der Waals surface area (Å²) in [6.45, 7) is 0.633. The van der Waals surface area contributed by atoms with Crippen LogP contribution in [0.2, 0.25) is 0 Å². The Bertz CT molecular complexity index is 670. The van der Waals surface area contributed by atoms with Crippen molar-refractivity contribution in [1.82, 2.24) is 9.97 Å². The molecule has 0 unspecified atom stereocenters. The highest BCUT2D eigenvalue weighted by Gasteiger charge is 2.05. The quantitative estimate of drug-likeness (QED) is 0.665. The number of rotatable bonds is 4. The van der Waals surface area contributed by atoms with Crippen molar-refractivity contribution in [2.24, 2.45) is 0 Å². The number of hydrogen-bond donors (Lipinski definition) is 2. The average molecular weight is 397 g/mol. The smallest absolute Gasteiger partial charge is 0.183 e. The molecule has 0 atom stereocenters. The first-order valence-corrected chi connectivity index (χ1v) is 7.57. The molecule has 4 nitrogen and oxygen atoms in total. The van der Waals surface area contributed by atoms with Crippen LogP contribution in [0.3, 0.4) is 0 Å². The predicted octanol–water partition coefficient (Wildman–Crippen LogP) is 4.81. The van der Waals surface area contributed by atoms with Gasteiger partial charge in [-0.25, -0.2) is 4.98 Å². The van der Waals surface area contributed by atoms with Crippen LogP contribution in [0.25, 0.3) is 11.3 Å². The molecule has 102 valence electrons. The van der Waals surface area contributed by atoms with Crippen molar-refractivity contribution in [3.63, 3.8) is 0 Å². The Morgan fingerprint density at radius 2 is 2.00 bits per heavy atom. The van der Waals surface area contributed by atoms with Crippen LogP contribution in [-0.2, 0) is 6.54 Å². The minimum Gasteiger partial charge on any atom is -0.451 e. The fourth-order valence-corrected chi connectivity index (χ4v) is 2.51. The zero-order valence-electron chi connectivity index (χ0n) is 10.4. The van der Waals surface area contributed by atoms with Crippen LogP contribution in [0.5, 0.6) is 0 Å². The van der Waals surface area contributed by atoms with Gasteiger partial charge in [0, 0.05) is 5.69 Å². The van der Waals surface area contributed by atoms with Crippen LogP contribution in [0.1, 0.15) is 5.76 Å². The summed E-state index contributed by atoms with van der Waals surface area (Å²) in [5, 5.41) is 3.31. The van der Waals surface area contributed by atoms with Crippen molar-refractivity contribution in [3.8, 4) is 11.3 Å².